The minimum absolute atomic E-state index is 0.104. The molecule has 2 amide bonds. The SMILES string of the molecule is O=C(O)CNC(=O)/C(=C/c1ccc2c(c1)OCO2)NC(=O)c1ccccc1Br. The van der Waals surface area contributed by atoms with E-state index in [1.54, 1.807) is 42.5 Å². The van der Waals surface area contributed by atoms with Crippen molar-refractivity contribution in [3.05, 3.63) is 63.8 Å². The number of ether oxygens (including phenoxy) is 2. The van der Waals surface area contributed by atoms with Crippen molar-refractivity contribution in [1.82, 2.24) is 10.6 Å². The molecule has 1 heterocycles. The number of hydrogen-bond acceptors (Lipinski definition) is 5. The van der Waals surface area contributed by atoms with Crippen LogP contribution < -0.4 is 20.1 Å². The van der Waals surface area contributed by atoms with Crippen LogP contribution in [0.4, 0.5) is 0 Å². The number of carboxylic acids is 1. The van der Waals surface area contributed by atoms with Crippen molar-refractivity contribution in [3.63, 3.8) is 0 Å². The zero-order valence-corrected chi connectivity index (χ0v) is 16.0. The Balaban J connectivity index is 1.88. The molecule has 8 nitrogen and oxygen atoms in total. The summed E-state index contributed by atoms with van der Waals surface area (Å²) in [6.07, 6.45) is 1.42. The van der Waals surface area contributed by atoms with Crippen LogP contribution in [0.2, 0.25) is 0 Å². The zero-order chi connectivity index (χ0) is 20.1. The largest absolute Gasteiger partial charge is 0.480 e. The van der Waals surface area contributed by atoms with Crippen molar-refractivity contribution in [2.75, 3.05) is 13.3 Å². The molecule has 0 atom stereocenters. The van der Waals surface area contributed by atoms with Crippen molar-refractivity contribution in [3.8, 4) is 11.5 Å². The Bertz CT molecular complexity index is 973. The normalized spacial score (nSPS) is 12.4. The van der Waals surface area contributed by atoms with Gasteiger partial charge in [-0.2, -0.15) is 0 Å². The molecule has 0 unspecified atom stereocenters. The molecule has 1 aliphatic heterocycles. The Morgan fingerprint density at radius 2 is 1.86 bits per heavy atom. The first-order valence-corrected chi connectivity index (χ1v) is 8.90. The third-order valence-corrected chi connectivity index (χ3v) is 4.41. The lowest BCUT2D eigenvalue weighted by Gasteiger charge is -2.11. The summed E-state index contributed by atoms with van der Waals surface area (Å²) in [7, 11) is 0. The predicted octanol–water partition coefficient (Wildman–Crippen LogP) is 2.15. The summed E-state index contributed by atoms with van der Waals surface area (Å²) >= 11 is 3.29. The Hall–Kier alpha value is -3.33. The number of rotatable bonds is 6. The number of fused-ring (bicyclic) bond motifs is 1. The van der Waals surface area contributed by atoms with E-state index in [1.165, 1.54) is 6.08 Å². The maximum absolute atomic E-state index is 12.6. The van der Waals surface area contributed by atoms with Crippen molar-refractivity contribution < 1.29 is 29.0 Å². The van der Waals surface area contributed by atoms with E-state index in [0.29, 0.717) is 27.1 Å². The monoisotopic (exact) mass is 446 g/mol. The second-order valence-corrected chi connectivity index (χ2v) is 6.54. The van der Waals surface area contributed by atoms with Crippen molar-refractivity contribution in [1.29, 1.82) is 0 Å². The van der Waals surface area contributed by atoms with Crippen LogP contribution in [0.15, 0.2) is 52.6 Å². The maximum Gasteiger partial charge on any atom is 0.322 e. The smallest absolute Gasteiger partial charge is 0.322 e. The number of nitrogens with one attached hydrogen (secondary N) is 2. The molecule has 0 bridgehead atoms. The lowest BCUT2D eigenvalue weighted by atomic mass is 10.1. The molecule has 3 N–H and O–H groups in total. The molecule has 0 saturated carbocycles. The predicted molar refractivity (Wildman–Crippen MR) is 103 cm³/mol. The van der Waals surface area contributed by atoms with E-state index in [9.17, 15) is 14.4 Å². The number of amides is 2. The van der Waals surface area contributed by atoms with Crippen LogP contribution in [-0.2, 0) is 9.59 Å². The van der Waals surface area contributed by atoms with E-state index >= 15 is 0 Å². The number of hydrogen-bond donors (Lipinski definition) is 3. The number of benzene rings is 2. The van der Waals surface area contributed by atoms with E-state index in [4.69, 9.17) is 14.6 Å². The van der Waals surface area contributed by atoms with Crippen molar-refractivity contribution in [2.45, 2.75) is 0 Å². The molecule has 3 rings (SSSR count). The summed E-state index contributed by atoms with van der Waals surface area (Å²) in [5, 5.41) is 13.5. The molecule has 2 aromatic rings. The van der Waals surface area contributed by atoms with Gasteiger partial charge in [0.25, 0.3) is 11.8 Å². The summed E-state index contributed by atoms with van der Waals surface area (Å²) in [5.74, 6) is -1.37. The van der Waals surface area contributed by atoms with Gasteiger partial charge in [-0.15, -0.1) is 0 Å². The second-order valence-electron chi connectivity index (χ2n) is 5.68. The quantitative estimate of drug-likeness (QED) is 0.585. The Labute approximate surface area is 168 Å². The number of carboxylic acid groups (broad SMARTS) is 1. The molecule has 1 aliphatic rings. The summed E-state index contributed by atoms with van der Waals surface area (Å²) in [5.41, 5.74) is 0.781. The highest BCUT2D eigenvalue weighted by molar-refractivity contribution is 9.10. The van der Waals surface area contributed by atoms with Crippen LogP contribution in [-0.4, -0.2) is 36.2 Å². The van der Waals surface area contributed by atoms with Crippen LogP contribution in [0.5, 0.6) is 11.5 Å². The first-order chi connectivity index (χ1) is 13.4. The van der Waals surface area contributed by atoms with Gasteiger partial charge in [-0.1, -0.05) is 18.2 Å². The number of halogens is 1. The highest BCUT2D eigenvalue weighted by Gasteiger charge is 2.18. The number of carbonyl (C=O) groups is 3. The lowest BCUT2D eigenvalue weighted by Crippen LogP contribution is -2.37. The Morgan fingerprint density at radius 3 is 2.61 bits per heavy atom. The first-order valence-electron chi connectivity index (χ1n) is 8.11. The summed E-state index contributed by atoms with van der Waals surface area (Å²) in [4.78, 5) is 35.7. The summed E-state index contributed by atoms with van der Waals surface area (Å²) < 4.78 is 11.1. The Kier molecular flexibility index (Phi) is 5.95. The topological polar surface area (TPSA) is 114 Å². The van der Waals surface area contributed by atoms with Crippen LogP contribution in [0, 0.1) is 0 Å². The zero-order valence-electron chi connectivity index (χ0n) is 14.4. The first kappa shape index (κ1) is 19.4. The van der Waals surface area contributed by atoms with E-state index in [-0.39, 0.29) is 12.5 Å². The molecule has 0 radical (unpaired) electrons. The van der Waals surface area contributed by atoms with Gasteiger partial charge in [0.2, 0.25) is 6.79 Å². The number of carbonyl (C=O) groups excluding carboxylic acids is 2. The fourth-order valence-electron chi connectivity index (χ4n) is 2.41. The van der Waals surface area contributed by atoms with Gasteiger partial charge in [-0.05, 0) is 51.8 Å². The summed E-state index contributed by atoms with van der Waals surface area (Å²) in [6.45, 7) is -0.477. The lowest BCUT2D eigenvalue weighted by molar-refractivity contribution is -0.137. The fraction of sp³-hybridized carbons (Fsp3) is 0.105. The molecule has 0 saturated heterocycles. The molecule has 2 aromatic carbocycles. The molecule has 0 aromatic heterocycles. The molecular weight excluding hydrogens is 432 g/mol. The minimum atomic E-state index is -1.20. The molecule has 0 aliphatic carbocycles. The highest BCUT2D eigenvalue weighted by atomic mass is 79.9. The standard InChI is InChI=1S/C19H15BrN2O6/c20-13-4-2-1-3-12(13)18(25)22-14(19(26)21-9-17(23)24)7-11-5-6-15-16(8-11)28-10-27-15/h1-8H,9-10H2,(H,21,26)(H,22,25)(H,23,24)/b14-7-. The third kappa shape index (κ3) is 4.68. The average Bonchev–Trinajstić information content (AvgIpc) is 3.13. The van der Waals surface area contributed by atoms with Crippen molar-refractivity contribution >= 4 is 39.8 Å². The Morgan fingerprint density at radius 1 is 1.11 bits per heavy atom. The van der Waals surface area contributed by atoms with Gasteiger partial charge in [0.15, 0.2) is 11.5 Å². The molecule has 144 valence electrons. The molecule has 28 heavy (non-hydrogen) atoms. The maximum atomic E-state index is 12.6. The second kappa shape index (κ2) is 8.57. The highest BCUT2D eigenvalue weighted by Crippen LogP contribution is 2.33. The van der Waals surface area contributed by atoms with E-state index in [1.807, 2.05) is 0 Å². The van der Waals surface area contributed by atoms with Crippen LogP contribution in [0.1, 0.15) is 15.9 Å². The van der Waals surface area contributed by atoms with E-state index in [2.05, 4.69) is 26.6 Å². The van der Waals surface area contributed by atoms with Gasteiger partial charge in [0.1, 0.15) is 12.2 Å². The van der Waals surface area contributed by atoms with Crippen LogP contribution in [0.25, 0.3) is 6.08 Å². The molecular formula is C19H15BrN2O6. The van der Waals surface area contributed by atoms with Crippen LogP contribution >= 0.6 is 15.9 Å². The minimum Gasteiger partial charge on any atom is -0.480 e. The molecule has 9 heteroatoms. The van der Waals surface area contributed by atoms with Gasteiger partial charge in [-0.3, -0.25) is 14.4 Å². The van der Waals surface area contributed by atoms with Crippen molar-refractivity contribution in [2.24, 2.45) is 0 Å². The van der Waals surface area contributed by atoms with Gasteiger partial charge in [-0.25, -0.2) is 0 Å². The molecule has 0 fully saturated rings. The molecule has 0 spiro atoms. The summed E-state index contributed by atoms with van der Waals surface area (Å²) in [6, 6.07) is 11.7. The van der Waals surface area contributed by atoms with Crippen LogP contribution in [0.3, 0.4) is 0 Å². The third-order valence-electron chi connectivity index (χ3n) is 3.72. The van der Waals surface area contributed by atoms with Gasteiger partial charge in [0, 0.05) is 4.47 Å². The van der Waals surface area contributed by atoms with E-state index in [0.717, 1.165) is 0 Å². The van der Waals surface area contributed by atoms with Gasteiger partial charge in [0.05, 0.1) is 5.56 Å². The average molecular weight is 447 g/mol. The van der Waals surface area contributed by atoms with Gasteiger partial charge >= 0.3 is 5.97 Å². The van der Waals surface area contributed by atoms with Gasteiger partial charge < -0.3 is 25.2 Å². The fourth-order valence-corrected chi connectivity index (χ4v) is 2.88. The van der Waals surface area contributed by atoms with E-state index < -0.39 is 24.3 Å². The number of aliphatic carboxylic acids is 1.